The van der Waals surface area contributed by atoms with E-state index in [2.05, 4.69) is 24.4 Å². The number of rotatable bonds is 4. The average molecular weight is 422 g/mol. The van der Waals surface area contributed by atoms with Gasteiger partial charge in [-0.3, -0.25) is 9.36 Å². The summed E-state index contributed by atoms with van der Waals surface area (Å²) in [4.78, 5) is 19.1. The molecule has 30 heavy (non-hydrogen) atoms. The smallest absolute Gasteiger partial charge is 0.246 e. The first-order chi connectivity index (χ1) is 14.2. The molecular weight excluding hydrogens is 398 g/mol. The first kappa shape index (κ1) is 20.2. The number of carbonyl (C=O) groups is 1. The summed E-state index contributed by atoms with van der Waals surface area (Å²) in [6.07, 6.45) is 3.58. The minimum absolute atomic E-state index is 0.162. The highest BCUT2D eigenvalue weighted by molar-refractivity contribution is 6.30. The van der Waals surface area contributed by atoms with Crippen LogP contribution >= 0.6 is 11.6 Å². The minimum atomic E-state index is -0.960. The van der Waals surface area contributed by atoms with E-state index in [1.54, 1.807) is 24.9 Å². The molecule has 0 saturated carbocycles. The number of carbonyl (C=O) groups excluding carboxylic acids is 1. The predicted molar refractivity (Wildman–Crippen MR) is 121 cm³/mol. The third-order valence-electron chi connectivity index (χ3n) is 4.92. The molecule has 1 aliphatic rings. The molecule has 0 unspecified atom stereocenters. The molecule has 6 nitrogen and oxygen atoms in total. The summed E-state index contributed by atoms with van der Waals surface area (Å²) < 4.78 is 1.96. The van der Waals surface area contributed by atoms with Crippen LogP contribution in [0.1, 0.15) is 25.2 Å². The maximum Gasteiger partial charge on any atom is 0.246 e. The quantitative estimate of drug-likeness (QED) is 0.636. The van der Waals surface area contributed by atoms with Crippen LogP contribution in [0.3, 0.4) is 0 Å². The number of aromatic nitrogens is 2. The van der Waals surface area contributed by atoms with E-state index in [1.807, 2.05) is 47.2 Å². The average Bonchev–Trinajstić information content (AvgIpc) is 3.06. The first-order valence-electron chi connectivity index (χ1n) is 9.71. The molecule has 0 bridgehead atoms. The van der Waals surface area contributed by atoms with Crippen molar-refractivity contribution in [2.75, 3.05) is 5.32 Å². The van der Waals surface area contributed by atoms with Gasteiger partial charge in [0.15, 0.2) is 0 Å². The van der Waals surface area contributed by atoms with Crippen LogP contribution in [0.25, 0.3) is 17.5 Å². The van der Waals surface area contributed by atoms with Gasteiger partial charge >= 0.3 is 0 Å². The fourth-order valence-electron chi connectivity index (χ4n) is 3.34. The summed E-state index contributed by atoms with van der Waals surface area (Å²) >= 11 is 6.23. The molecule has 1 amide bonds. The van der Waals surface area contributed by atoms with Crippen LogP contribution in [-0.4, -0.2) is 25.9 Å². The summed E-state index contributed by atoms with van der Waals surface area (Å²) in [7, 11) is 0. The van der Waals surface area contributed by atoms with Crippen molar-refractivity contribution in [3.63, 3.8) is 0 Å². The zero-order valence-corrected chi connectivity index (χ0v) is 17.9. The van der Waals surface area contributed by atoms with E-state index < -0.39 is 5.54 Å². The Kier molecular flexibility index (Phi) is 5.13. The zero-order chi connectivity index (χ0) is 21.5. The third kappa shape index (κ3) is 3.97. The van der Waals surface area contributed by atoms with Crippen LogP contribution in [0.2, 0.25) is 5.02 Å². The van der Waals surface area contributed by atoms with Gasteiger partial charge in [-0.2, -0.15) is 0 Å². The molecule has 7 heteroatoms. The van der Waals surface area contributed by atoms with Crippen molar-refractivity contribution >= 4 is 35.2 Å². The van der Waals surface area contributed by atoms with Crippen LogP contribution in [0.15, 0.2) is 54.7 Å². The summed E-state index contributed by atoms with van der Waals surface area (Å²) in [6.45, 7) is 5.78. The molecule has 3 aromatic rings. The Morgan fingerprint density at radius 3 is 2.57 bits per heavy atom. The van der Waals surface area contributed by atoms with Gasteiger partial charge in [0.05, 0.1) is 12.1 Å². The van der Waals surface area contributed by atoms with Crippen LogP contribution in [0.5, 0.6) is 0 Å². The Balaban J connectivity index is 1.78. The number of hydrogen-bond donors (Lipinski definition) is 2. The van der Waals surface area contributed by atoms with Crippen LogP contribution in [-0.2, 0) is 11.3 Å². The maximum atomic E-state index is 12.6. The minimum Gasteiger partial charge on any atom is -0.339 e. The highest BCUT2D eigenvalue weighted by Gasteiger charge is 2.30. The number of fused-ring (bicyclic) bond motifs is 1. The largest absolute Gasteiger partial charge is 0.339 e. The molecule has 2 aromatic carbocycles. The SMILES string of the molecule is Cc1ccc(Nc2c(-c3cccc(Cl)c3)nc3n2C=CN(C(=O)C(C)(C)N)C3)cc1. The third-order valence-corrected chi connectivity index (χ3v) is 5.15. The molecule has 0 radical (unpaired) electrons. The number of halogens is 1. The molecule has 2 heterocycles. The van der Waals surface area contributed by atoms with Gasteiger partial charge in [0.2, 0.25) is 5.91 Å². The van der Waals surface area contributed by atoms with Gasteiger partial charge in [0.1, 0.15) is 17.3 Å². The lowest BCUT2D eigenvalue weighted by atomic mass is 10.1. The highest BCUT2D eigenvalue weighted by atomic mass is 35.5. The van der Waals surface area contributed by atoms with E-state index in [0.717, 1.165) is 28.6 Å². The van der Waals surface area contributed by atoms with E-state index in [-0.39, 0.29) is 5.91 Å². The Bertz CT molecular complexity index is 1130. The first-order valence-corrected chi connectivity index (χ1v) is 10.1. The van der Waals surface area contributed by atoms with Gasteiger partial charge in [0, 0.05) is 28.7 Å². The van der Waals surface area contributed by atoms with Gasteiger partial charge in [-0.1, -0.05) is 41.4 Å². The Morgan fingerprint density at radius 1 is 1.17 bits per heavy atom. The molecule has 4 rings (SSSR count). The van der Waals surface area contributed by atoms with Crippen molar-refractivity contribution in [3.05, 3.63) is 71.1 Å². The van der Waals surface area contributed by atoms with Gasteiger partial charge in [-0.05, 0) is 45.0 Å². The maximum absolute atomic E-state index is 12.6. The highest BCUT2D eigenvalue weighted by Crippen LogP contribution is 2.34. The van der Waals surface area contributed by atoms with Crippen molar-refractivity contribution in [1.29, 1.82) is 0 Å². The standard InChI is InChI=1S/C23H24ClN5O/c1-15-7-9-18(10-8-15)26-21-20(16-5-4-6-17(24)13-16)27-19-14-28(11-12-29(19)21)22(30)23(2,3)25/h4-13,26H,14,25H2,1-3H3. The predicted octanol–water partition coefficient (Wildman–Crippen LogP) is 4.76. The number of amides is 1. The summed E-state index contributed by atoms with van der Waals surface area (Å²) in [5.41, 5.74) is 8.83. The molecule has 0 fully saturated rings. The van der Waals surface area contributed by atoms with Crippen molar-refractivity contribution < 1.29 is 4.79 Å². The Hall–Kier alpha value is -3.09. The number of hydrogen-bond acceptors (Lipinski definition) is 4. The lowest BCUT2D eigenvalue weighted by Crippen LogP contribution is -2.49. The molecule has 0 spiro atoms. The molecule has 0 saturated heterocycles. The normalized spacial score (nSPS) is 13.3. The summed E-state index contributed by atoms with van der Waals surface area (Å²) in [5, 5.41) is 4.11. The van der Waals surface area contributed by atoms with E-state index in [0.29, 0.717) is 11.6 Å². The molecular formula is C23H24ClN5O. The van der Waals surface area contributed by atoms with E-state index in [1.165, 1.54) is 5.56 Å². The van der Waals surface area contributed by atoms with E-state index in [4.69, 9.17) is 22.3 Å². The van der Waals surface area contributed by atoms with E-state index in [9.17, 15) is 4.79 Å². The van der Waals surface area contributed by atoms with Crippen LogP contribution in [0.4, 0.5) is 11.5 Å². The van der Waals surface area contributed by atoms with Gasteiger partial charge in [-0.25, -0.2) is 4.98 Å². The zero-order valence-electron chi connectivity index (χ0n) is 17.2. The van der Waals surface area contributed by atoms with Gasteiger partial charge in [0.25, 0.3) is 0 Å². The van der Waals surface area contributed by atoms with Crippen molar-refractivity contribution in [2.45, 2.75) is 32.9 Å². The van der Waals surface area contributed by atoms with Crippen molar-refractivity contribution in [3.8, 4) is 11.3 Å². The van der Waals surface area contributed by atoms with Crippen molar-refractivity contribution in [1.82, 2.24) is 14.5 Å². The fraction of sp³-hybridized carbons (Fsp3) is 0.217. The van der Waals surface area contributed by atoms with Crippen molar-refractivity contribution in [2.24, 2.45) is 5.73 Å². The van der Waals surface area contributed by atoms with Crippen LogP contribution < -0.4 is 11.1 Å². The number of benzene rings is 2. The molecule has 0 atom stereocenters. The fourth-order valence-corrected chi connectivity index (χ4v) is 3.53. The number of nitrogens with two attached hydrogens (primary N) is 1. The second kappa shape index (κ2) is 7.63. The monoisotopic (exact) mass is 421 g/mol. The molecule has 0 aliphatic carbocycles. The Morgan fingerprint density at radius 2 is 1.90 bits per heavy atom. The molecule has 3 N–H and O–H groups in total. The molecule has 154 valence electrons. The second-order valence-corrected chi connectivity index (χ2v) is 8.49. The lowest BCUT2D eigenvalue weighted by molar-refractivity contribution is -0.133. The number of aryl methyl sites for hydroxylation is 1. The number of nitrogens with zero attached hydrogens (tertiary/aromatic N) is 3. The lowest BCUT2D eigenvalue weighted by Gasteiger charge is -2.28. The van der Waals surface area contributed by atoms with Gasteiger partial charge < -0.3 is 16.0 Å². The topological polar surface area (TPSA) is 76.2 Å². The van der Waals surface area contributed by atoms with Crippen LogP contribution in [0, 0.1) is 6.92 Å². The molecule has 1 aliphatic heterocycles. The number of imidazole rings is 1. The number of anilines is 2. The van der Waals surface area contributed by atoms with E-state index >= 15 is 0 Å². The molecule has 1 aromatic heterocycles. The second-order valence-electron chi connectivity index (χ2n) is 8.05. The Labute approximate surface area is 181 Å². The number of nitrogens with one attached hydrogen (secondary N) is 1. The summed E-state index contributed by atoms with van der Waals surface area (Å²) in [5.74, 6) is 1.39. The van der Waals surface area contributed by atoms with Gasteiger partial charge in [-0.15, -0.1) is 0 Å². The summed E-state index contributed by atoms with van der Waals surface area (Å²) in [6, 6.07) is 15.7.